The number of hydrogen-bond acceptors (Lipinski definition) is 3. The molecule has 1 fully saturated rings. The Kier molecular flexibility index (Phi) is 8.15. The van der Waals surface area contributed by atoms with E-state index in [0.717, 1.165) is 32.7 Å². The van der Waals surface area contributed by atoms with Crippen molar-refractivity contribution in [2.45, 2.75) is 53.0 Å². The highest BCUT2D eigenvalue weighted by Gasteiger charge is 2.25. The van der Waals surface area contributed by atoms with Crippen LogP contribution in [0.15, 0.2) is 0 Å². The Labute approximate surface area is 124 Å². The number of nitrogens with one attached hydrogen (secondary N) is 1. The summed E-state index contributed by atoms with van der Waals surface area (Å²) in [5.74, 6) is 0.968. The first kappa shape index (κ1) is 17.4. The standard InChI is InChI=1S/C16H33N3O/c1-5-18(6-2)16(20)13-19-10-8-7-9-15(19)12-17-11-14(3)4/h14-15,17H,5-13H2,1-4H3. The van der Waals surface area contributed by atoms with Crippen LogP contribution in [0.2, 0.25) is 0 Å². The van der Waals surface area contributed by atoms with Gasteiger partial charge in [-0.3, -0.25) is 9.69 Å². The van der Waals surface area contributed by atoms with Crippen molar-refractivity contribution in [3.8, 4) is 0 Å². The predicted molar refractivity (Wildman–Crippen MR) is 84.8 cm³/mol. The lowest BCUT2D eigenvalue weighted by molar-refractivity contribution is -0.133. The van der Waals surface area contributed by atoms with Crippen molar-refractivity contribution < 1.29 is 4.79 Å². The van der Waals surface area contributed by atoms with E-state index in [4.69, 9.17) is 0 Å². The number of likely N-dealkylation sites (N-methyl/N-ethyl adjacent to an activating group) is 1. The Morgan fingerprint density at radius 2 is 2.00 bits per heavy atom. The van der Waals surface area contributed by atoms with E-state index < -0.39 is 0 Å². The van der Waals surface area contributed by atoms with Gasteiger partial charge in [0.1, 0.15) is 0 Å². The highest BCUT2D eigenvalue weighted by Crippen LogP contribution is 2.16. The number of amides is 1. The number of likely N-dealkylation sites (tertiary alicyclic amines) is 1. The lowest BCUT2D eigenvalue weighted by Gasteiger charge is -2.36. The Hall–Kier alpha value is -0.610. The third-order valence-corrected chi connectivity index (χ3v) is 4.14. The molecule has 1 rings (SSSR count). The summed E-state index contributed by atoms with van der Waals surface area (Å²) in [6.07, 6.45) is 3.74. The van der Waals surface area contributed by atoms with Crippen LogP contribution in [0.4, 0.5) is 0 Å². The first-order valence-corrected chi connectivity index (χ1v) is 8.31. The second kappa shape index (κ2) is 9.35. The molecule has 0 bridgehead atoms. The molecule has 0 spiro atoms. The molecule has 1 atom stereocenters. The van der Waals surface area contributed by atoms with Crippen LogP contribution in [-0.4, -0.2) is 61.0 Å². The number of carbonyl (C=O) groups is 1. The molecule has 0 radical (unpaired) electrons. The van der Waals surface area contributed by atoms with Crippen molar-refractivity contribution >= 4 is 5.91 Å². The Morgan fingerprint density at radius 1 is 1.30 bits per heavy atom. The topological polar surface area (TPSA) is 35.6 Å². The lowest BCUT2D eigenvalue weighted by Crippen LogP contribution is -2.50. The summed E-state index contributed by atoms with van der Waals surface area (Å²) in [7, 11) is 0. The smallest absolute Gasteiger partial charge is 0.236 e. The van der Waals surface area contributed by atoms with Gasteiger partial charge in [-0.25, -0.2) is 0 Å². The third-order valence-electron chi connectivity index (χ3n) is 4.14. The van der Waals surface area contributed by atoms with Gasteiger partial charge in [0.05, 0.1) is 6.54 Å². The van der Waals surface area contributed by atoms with Gasteiger partial charge < -0.3 is 10.2 Å². The van der Waals surface area contributed by atoms with Gasteiger partial charge in [-0.2, -0.15) is 0 Å². The molecule has 1 saturated heterocycles. The van der Waals surface area contributed by atoms with E-state index >= 15 is 0 Å². The number of carbonyl (C=O) groups excluding carboxylic acids is 1. The highest BCUT2D eigenvalue weighted by atomic mass is 16.2. The van der Waals surface area contributed by atoms with Crippen LogP contribution >= 0.6 is 0 Å². The molecule has 1 aliphatic heterocycles. The van der Waals surface area contributed by atoms with Crippen LogP contribution in [0.3, 0.4) is 0 Å². The largest absolute Gasteiger partial charge is 0.342 e. The highest BCUT2D eigenvalue weighted by molar-refractivity contribution is 5.78. The predicted octanol–water partition coefficient (Wildman–Crippen LogP) is 1.95. The zero-order chi connectivity index (χ0) is 15.0. The summed E-state index contributed by atoms with van der Waals surface area (Å²) in [5, 5.41) is 3.55. The molecule has 0 aromatic carbocycles. The molecule has 1 aliphatic rings. The molecule has 1 unspecified atom stereocenters. The molecule has 0 aliphatic carbocycles. The fraction of sp³-hybridized carbons (Fsp3) is 0.938. The van der Waals surface area contributed by atoms with E-state index in [1.807, 2.05) is 4.90 Å². The van der Waals surface area contributed by atoms with Crippen LogP contribution in [-0.2, 0) is 4.79 Å². The first-order valence-electron chi connectivity index (χ1n) is 8.31. The minimum absolute atomic E-state index is 0.283. The van der Waals surface area contributed by atoms with E-state index in [9.17, 15) is 4.79 Å². The van der Waals surface area contributed by atoms with Crippen molar-refractivity contribution in [3.63, 3.8) is 0 Å². The summed E-state index contributed by atoms with van der Waals surface area (Å²) < 4.78 is 0. The van der Waals surface area contributed by atoms with Crippen LogP contribution < -0.4 is 5.32 Å². The summed E-state index contributed by atoms with van der Waals surface area (Å²) in [6.45, 7) is 14.0. The van der Waals surface area contributed by atoms with Gasteiger partial charge in [0.2, 0.25) is 5.91 Å². The second-order valence-corrected chi connectivity index (χ2v) is 6.24. The van der Waals surface area contributed by atoms with Crippen LogP contribution in [0.25, 0.3) is 0 Å². The average Bonchev–Trinajstić information content (AvgIpc) is 2.41. The van der Waals surface area contributed by atoms with Crippen molar-refractivity contribution in [2.24, 2.45) is 5.92 Å². The van der Waals surface area contributed by atoms with Crippen LogP contribution in [0.5, 0.6) is 0 Å². The van der Waals surface area contributed by atoms with E-state index in [-0.39, 0.29) is 5.91 Å². The molecule has 118 valence electrons. The van der Waals surface area contributed by atoms with Crippen molar-refractivity contribution in [1.29, 1.82) is 0 Å². The zero-order valence-corrected chi connectivity index (χ0v) is 13.8. The Bertz CT molecular complexity index is 277. The third kappa shape index (κ3) is 5.80. The molecule has 20 heavy (non-hydrogen) atoms. The van der Waals surface area contributed by atoms with Crippen molar-refractivity contribution in [3.05, 3.63) is 0 Å². The monoisotopic (exact) mass is 283 g/mol. The van der Waals surface area contributed by atoms with Crippen LogP contribution in [0, 0.1) is 5.92 Å². The number of rotatable bonds is 8. The van der Waals surface area contributed by atoms with Gasteiger partial charge in [-0.05, 0) is 45.7 Å². The fourth-order valence-electron chi connectivity index (χ4n) is 2.89. The maximum Gasteiger partial charge on any atom is 0.236 e. The Morgan fingerprint density at radius 3 is 2.60 bits per heavy atom. The first-order chi connectivity index (χ1) is 9.58. The maximum atomic E-state index is 12.3. The fourth-order valence-corrected chi connectivity index (χ4v) is 2.89. The molecule has 1 heterocycles. The molecule has 0 aromatic rings. The molecule has 0 saturated carbocycles. The molecule has 0 aromatic heterocycles. The SMILES string of the molecule is CCN(CC)C(=O)CN1CCCCC1CNCC(C)C. The van der Waals surface area contributed by atoms with E-state index in [0.29, 0.717) is 18.5 Å². The van der Waals surface area contributed by atoms with E-state index in [2.05, 4.69) is 37.9 Å². The van der Waals surface area contributed by atoms with E-state index in [1.165, 1.54) is 19.3 Å². The lowest BCUT2D eigenvalue weighted by atomic mass is 10.0. The molecule has 1 N–H and O–H groups in total. The summed E-state index contributed by atoms with van der Waals surface area (Å²) in [6, 6.07) is 0.530. The maximum absolute atomic E-state index is 12.3. The second-order valence-electron chi connectivity index (χ2n) is 6.24. The van der Waals surface area contributed by atoms with Crippen molar-refractivity contribution in [2.75, 3.05) is 39.3 Å². The zero-order valence-electron chi connectivity index (χ0n) is 13.8. The van der Waals surface area contributed by atoms with Crippen LogP contribution in [0.1, 0.15) is 47.0 Å². The minimum Gasteiger partial charge on any atom is -0.342 e. The quantitative estimate of drug-likeness (QED) is 0.739. The molecule has 4 nitrogen and oxygen atoms in total. The molecule has 4 heteroatoms. The average molecular weight is 283 g/mol. The Balaban J connectivity index is 2.45. The molecular formula is C16H33N3O. The summed E-state index contributed by atoms with van der Waals surface area (Å²) in [5.41, 5.74) is 0. The molecule has 1 amide bonds. The van der Waals surface area contributed by atoms with Gasteiger partial charge in [0.15, 0.2) is 0 Å². The summed E-state index contributed by atoms with van der Waals surface area (Å²) >= 11 is 0. The number of hydrogen-bond donors (Lipinski definition) is 1. The van der Waals surface area contributed by atoms with Gasteiger partial charge in [0, 0.05) is 25.7 Å². The van der Waals surface area contributed by atoms with Gasteiger partial charge in [-0.1, -0.05) is 20.3 Å². The van der Waals surface area contributed by atoms with Gasteiger partial charge >= 0.3 is 0 Å². The summed E-state index contributed by atoms with van der Waals surface area (Å²) in [4.78, 5) is 16.6. The molecular weight excluding hydrogens is 250 g/mol. The van der Waals surface area contributed by atoms with Gasteiger partial charge in [-0.15, -0.1) is 0 Å². The minimum atomic E-state index is 0.283. The number of nitrogens with zero attached hydrogens (tertiary/aromatic N) is 2. The van der Waals surface area contributed by atoms with Gasteiger partial charge in [0.25, 0.3) is 0 Å². The van der Waals surface area contributed by atoms with E-state index in [1.54, 1.807) is 0 Å². The normalized spacial score (nSPS) is 20.4. The van der Waals surface area contributed by atoms with Crippen molar-refractivity contribution in [1.82, 2.24) is 15.1 Å². The number of piperidine rings is 1.